The lowest BCUT2D eigenvalue weighted by Gasteiger charge is -2.09. The molecule has 2 heterocycles. The van der Waals surface area contributed by atoms with Gasteiger partial charge < -0.3 is 15.5 Å². The highest BCUT2D eigenvalue weighted by Gasteiger charge is 2.06. The molecule has 5 nitrogen and oxygen atoms in total. The van der Waals surface area contributed by atoms with Gasteiger partial charge in [0.15, 0.2) is 0 Å². The number of nitrogens with two attached hydrogens (primary N) is 1. The van der Waals surface area contributed by atoms with Gasteiger partial charge in [0.2, 0.25) is 5.89 Å². The molecule has 0 amide bonds. The molecule has 2 aromatic heterocycles. The van der Waals surface area contributed by atoms with Crippen LogP contribution in [0.2, 0.25) is 0 Å². The van der Waals surface area contributed by atoms with Gasteiger partial charge in [0, 0.05) is 11.6 Å². The number of rotatable bonds is 3. The van der Waals surface area contributed by atoms with E-state index in [1.165, 1.54) is 0 Å². The van der Waals surface area contributed by atoms with Gasteiger partial charge in [-0.1, -0.05) is 0 Å². The van der Waals surface area contributed by atoms with E-state index in [9.17, 15) is 0 Å². The van der Waals surface area contributed by atoms with Crippen molar-refractivity contribution in [2.45, 2.75) is 13.5 Å². The maximum atomic E-state index is 6.13. The molecular weight excluding hydrogens is 240 g/mol. The fourth-order valence-electron chi connectivity index (χ4n) is 1.98. The van der Waals surface area contributed by atoms with Crippen LogP contribution in [0.3, 0.4) is 0 Å². The summed E-state index contributed by atoms with van der Waals surface area (Å²) in [5, 5.41) is 4.17. The van der Waals surface area contributed by atoms with Crippen molar-refractivity contribution in [1.29, 1.82) is 0 Å². The molecule has 0 fully saturated rings. The number of hydrogen-bond acceptors (Lipinski definition) is 5. The van der Waals surface area contributed by atoms with Gasteiger partial charge in [0.05, 0.1) is 29.6 Å². The first-order valence-electron chi connectivity index (χ1n) is 6.02. The van der Waals surface area contributed by atoms with E-state index in [0.29, 0.717) is 18.1 Å². The number of aromatic nitrogens is 2. The van der Waals surface area contributed by atoms with Gasteiger partial charge in [-0.15, -0.1) is 0 Å². The highest BCUT2D eigenvalue weighted by atomic mass is 16.4. The first-order chi connectivity index (χ1) is 9.24. The average Bonchev–Trinajstić information content (AvgIpc) is 2.84. The van der Waals surface area contributed by atoms with Crippen LogP contribution in [0.1, 0.15) is 11.7 Å². The molecule has 0 radical (unpaired) electrons. The summed E-state index contributed by atoms with van der Waals surface area (Å²) in [4.78, 5) is 8.41. The molecular formula is C14H14N4O. The molecule has 0 saturated heterocycles. The van der Waals surface area contributed by atoms with Gasteiger partial charge in [-0.25, -0.2) is 4.98 Å². The van der Waals surface area contributed by atoms with E-state index in [2.05, 4.69) is 15.3 Å². The number of hydrogen-bond donors (Lipinski definition) is 2. The van der Waals surface area contributed by atoms with Crippen molar-refractivity contribution in [3.05, 3.63) is 48.3 Å². The van der Waals surface area contributed by atoms with Crippen LogP contribution in [-0.2, 0) is 6.54 Å². The lowest BCUT2D eigenvalue weighted by Crippen LogP contribution is -2.03. The Morgan fingerprint density at radius 1 is 1.26 bits per heavy atom. The number of pyridine rings is 1. The third kappa shape index (κ3) is 2.22. The van der Waals surface area contributed by atoms with Crippen molar-refractivity contribution in [3.63, 3.8) is 0 Å². The zero-order valence-corrected chi connectivity index (χ0v) is 10.6. The Hall–Kier alpha value is -2.56. The molecule has 0 aliphatic heterocycles. The lowest BCUT2D eigenvalue weighted by molar-refractivity contribution is 0.479. The largest absolute Gasteiger partial charge is 0.444 e. The number of aryl methyl sites for hydroxylation is 1. The van der Waals surface area contributed by atoms with Gasteiger partial charge in [-0.05, 0) is 31.2 Å². The van der Waals surface area contributed by atoms with Crippen LogP contribution in [0.4, 0.5) is 11.4 Å². The predicted molar refractivity (Wildman–Crippen MR) is 74.7 cm³/mol. The average molecular weight is 254 g/mol. The van der Waals surface area contributed by atoms with E-state index in [4.69, 9.17) is 10.2 Å². The molecule has 3 rings (SSSR count). The Kier molecular flexibility index (Phi) is 2.79. The zero-order valence-electron chi connectivity index (χ0n) is 10.6. The van der Waals surface area contributed by atoms with E-state index in [1.54, 1.807) is 12.4 Å². The maximum Gasteiger partial charge on any atom is 0.213 e. The van der Waals surface area contributed by atoms with E-state index < -0.39 is 0 Å². The van der Waals surface area contributed by atoms with Crippen LogP contribution >= 0.6 is 0 Å². The Morgan fingerprint density at radius 2 is 2.16 bits per heavy atom. The van der Waals surface area contributed by atoms with E-state index >= 15 is 0 Å². The number of benzene rings is 1. The summed E-state index contributed by atoms with van der Waals surface area (Å²) >= 11 is 0. The second-order valence-electron chi connectivity index (χ2n) is 4.32. The van der Waals surface area contributed by atoms with Gasteiger partial charge in [0.25, 0.3) is 0 Å². The Labute approximate surface area is 110 Å². The lowest BCUT2D eigenvalue weighted by atomic mass is 10.1. The van der Waals surface area contributed by atoms with Crippen LogP contribution in [0.5, 0.6) is 0 Å². The minimum Gasteiger partial charge on any atom is -0.444 e. The summed E-state index contributed by atoms with van der Waals surface area (Å²) in [7, 11) is 0. The molecule has 0 aliphatic carbocycles. The monoisotopic (exact) mass is 254 g/mol. The van der Waals surface area contributed by atoms with Gasteiger partial charge in [0.1, 0.15) is 5.76 Å². The summed E-state index contributed by atoms with van der Waals surface area (Å²) in [6, 6.07) is 7.69. The van der Waals surface area contributed by atoms with Crippen LogP contribution < -0.4 is 11.1 Å². The van der Waals surface area contributed by atoms with Crippen molar-refractivity contribution in [3.8, 4) is 0 Å². The van der Waals surface area contributed by atoms with Crippen molar-refractivity contribution >= 4 is 22.3 Å². The quantitative estimate of drug-likeness (QED) is 0.703. The third-order valence-corrected chi connectivity index (χ3v) is 2.93. The van der Waals surface area contributed by atoms with Crippen molar-refractivity contribution in [2.24, 2.45) is 0 Å². The minimum atomic E-state index is 0.504. The van der Waals surface area contributed by atoms with Gasteiger partial charge in [-0.2, -0.15) is 0 Å². The second-order valence-corrected chi connectivity index (χ2v) is 4.32. The minimum absolute atomic E-state index is 0.504. The molecule has 0 atom stereocenters. The topological polar surface area (TPSA) is 77.0 Å². The highest BCUT2D eigenvalue weighted by molar-refractivity contribution is 5.96. The predicted octanol–water partition coefficient (Wildman–Crippen LogP) is 2.73. The highest BCUT2D eigenvalue weighted by Crippen LogP contribution is 2.27. The van der Waals surface area contributed by atoms with Crippen molar-refractivity contribution in [2.75, 3.05) is 11.1 Å². The van der Waals surface area contributed by atoms with Crippen molar-refractivity contribution in [1.82, 2.24) is 9.97 Å². The number of nitrogens with one attached hydrogen (secondary N) is 1. The molecule has 19 heavy (non-hydrogen) atoms. The maximum absolute atomic E-state index is 6.13. The molecule has 1 aromatic carbocycles. The summed E-state index contributed by atoms with van der Waals surface area (Å²) in [5.41, 5.74) is 8.57. The number of nitrogens with zero attached hydrogens (tertiary/aromatic N) is 2. The molecule has 0 saturated carbocycles. The molecule has 0 aliphatic rings. The van der Waals surface area contributed by atoms with Crippen molar-refractivity contribution < 1.29 is 4.42 Å². The second kappa shape index (κ2) is 4.61. The van der Waals surface area contributed by atoms with E-state index in [1.807, 2.05) is 31.2 Å². The standard InChI is InChI=1S/C14H14N4O/c1-9-7-18-13(19-9)8-17-12-5-4-11-10(14(12)15)3-2-6-16-11/h2-7,17H,8,15H2,1H3. The number of oxazole rings is 1. The zero-order chi connectivity index (χ0) is 13.2. The van der Waals surface area contributed by atoms with E-state index in [0.717, 1.165) is 22.4 Å². The number of nitrogen functional groups attached to an aromatic ring is 1. The van der Waals surface area contributed by atoms with Gasteiger partial charge in [-0.3, -0.25) is 4.98 Å². The Bertz CT molecular complexity index is 720. The molecule has 5 heteroatoms. The van der Waals surface area contributed by atoms with Crippen LogP contribution in [0.15, 0.2) is 41.1 Å². The normalized spacial score (nSPS) is 10.8. The van der Waals surface area contributed by atoms with Crippen LogP contribution in [0.25, 0.3) is 10.9 Å². The van der Waals surface area contributed by atoms with Gasteiger partial charge >= 0.3 is 0 Å². The van der Waals surface area contributed by atoms with E-state index in [-0.39, 0.29) is 0 Å². The molecule has 0 unspecified atom stereocenters. The third-order valence-electron chi connectivity index (χ3n) is 2.93. The number of fused-ring (bicyclic) bond motifs is 1. The van der Waals surface area contributed by atoms with Crippen LogP contribution in [0, 0.1) is 6.92 Å². The fourth-order valence-corrected chi connectivity index (χ4v) is 1.98. The SMILES string of the molecule is Cc1cnc(CNc2ccc3ncccc3c2N)o1. The molecule has 3 aromatic rings. The summed E-state index contributed by atoms with van der Waals surface area (Å²) in [5.74, 6) is 1.44. The van der Waals surface area contributed by atoms with Crippen LogP contribution in [-0.4, -0.2) is 9.97 Å². The molecule has 0 spiro atoms. The first kappa shape index (κ1) is 11.5. The number of anilines is 2. The summed E-state index contributed by atoms with van der Waals surface area (Å²) in [6.45, 7) is 2.37. The summed E-state index contributed by atoms with van der Waals surface area (Å²) in [6.07, 6.45) is 3.45. The smallest absolute Gasteiger partial charge is 0.213 e. The first-order valence-corrected chi connectivity index (χ1v) is 6.02. The fraction of sp³-hybridized carbons (Fsp3) is 0.143. The Morgan fingerprint density at radius 3 is 2.95 bits per heavy atom. The Balaban J connectivity index is 1.87. The molecule has 0 bridgehead atoms. The summed E-state index contributed by atoms with van der Waals surface area (Å²) < 4.78 is 5.41. The molecule has 96 valence electrons. The molecule has 3 N–H and O–H groups in total.